The molecule has 7 heteroatoms. The van der Waals surface area contributed by atoms with E-state index in [0.717, 1.165) is 5.01 Å². The lowest BCUT2D eigenvalue weighted by molar-refractivity contribution is -0.203. The number of rotatable bonds is 2. The van der Waals surface area contributed by atoms with Crippen LogP contribution in [0.1, 0.15) is 31.9 Å². The molecule has 1 atom stereocenters. The molecule has 3 rings (SSSR count). The lowest BCUT2D eigenvalue weighted by Gasteiger charge is -2.38. The molecule has 1 fully saturated rings. The number of amides is 1. The number of carbonyl (C=O) groups excluding carboxylic acids is 1. The first-order chi connectivity index (χ1) is 11.1. The molecule has 1 amide bonds. The van der Waals surface area contributed by atoms with E-state index in [1.807, 2.05) is 0 Å². The summed E-state index contributed by atoms with van der Waals surface area (Å²) >= 11 is 6.05. The number of benzene rings is 2. The first-order valence-electron chi connectivity index (χ1n) is 7.43. The fourth-order valence-electron chi connectivity index (χ4n) is 3.21. The molecule has 0 bridgehead atoms. The maximum atomic E-state index is 14.0. The Balaban J connectivity index is 2.24. The van der Waals surface area contributed by atoms with Gasteiger partial charge in [-0.15, -0.1) is 0 Å². The Morgan fingerprint density at radius 3 is 2.50 bits per heavy atom. The van der Waals surface area contributed by atoms with Gasteiger partial charge < -0.3 is 0 Å². The molecule has 1 N–H and O–H groups in total. The van der Waals surface area contributed by atoms with Crippen molar-refractivity contribution < 1.29 is 18.0 Å². The number of carbonyl (C=O) groups is 1. The topological polar surface area (TPSA) is 32.3 Å². The molecule has 0 saturated carbocycles. The summed E-state index contributed by atoms with van der Waals surface area (Å²) in [5.41, 5.74) is 1.42. The van der Waals surface area contributed by atoms with E-state index in [1.54, 1.807) is 44.2 Å². The first kappa shape index (κ1) is 17.0. The minimum absolute atomic E-state index is 0.00191. The predicted molar refractivity (Wildman–Crippen MR) is 86.4 cm³/mol. The average Bonchev–Trinajstić information content (AvgIpc) is 2.70. The third-order valence-corrected chi connectivity index (χ3v) is 4.43. The van der Waals surface area contributed by atoms with Crippen molar-refractivity contribution in [3.05, 3.63) is 47.0 Å². The van der Waals surface area contributed by atoms with Gasteiger partial charge in [-0.25, -0.2) is 0 Å². The van der Waals surface area contributed by atoms with Crippen LogP contribution in [0.3, 0.4) is 0 Å². The van der Waals surface area contributed by atoms with Crippen molar-refractivity contribution in [2.24, 2.45) is 0 Å². The standard InChI is InChI=1S/C17H16ClF3N2O/c1-16(2)9-14(24)22-23(16)15(17(19,20)21)13-8-11(18)7-10-5-3-4-6-12(10)13/h3-8,15H,9H2,1-2H3,(H,22,24). The SMILES string of the molecule is CC1(C)CC(=O)NN1C(c1cc(Cl)cc2ccccc12)C(F)(F)F. The number of halogens is 4. The van der Waals surface area contributed by atoms with Crippen LogP contribution >= 0.6 is 11.6 Å². The van der Waals surface area contributed by atoms with Gasteiger partial charge in [0, 0.05) is 17.0 Å². The van der Waals surface area contributed by atoms with Crippen LogP contribution in [0.4, 0.5) is 13.2 Å². The molecule has 1 aliphatic heterocycles. The third-order valence-electron chi connectivity index (χ3n) is 4.21. The van der Waals surface area contributed by atoms with Crippen molar-refractivity contribution in [3.63, 3.8) is 0 Å². The van der Waals surface area contributed by atoms with Gasteiger partial charge in [0.15, 0.2) is 6.04 Å². The molecule has 0 radical (unpaired) electrons. The number of hydrogen-bond donors (Lipinski definition) is 1. The smallest absolute Gasteiger partial charge is 0.287 e. The Morgan fingerprint density at radius 2 is 1.92 bits per heavy atom. The van der Waals surface area contributed by atoms with E-state index in [0.29, 0.717) is 10.8 Å². The highest BCUT2D eigenvalue weighted by Gasteiger charge is 2.53. The molecular weight excluding hydrogens is 341 g/mol. The van der Waals surface area contributed by atoms with Crippen LogP contribution in [-0.4, -0.2) is 22.6 Å². The van der Waals surface area contributed by atoms with Crippen LogP contribution in [0.5, 0.6) is 0 Å². The second-order valence-corrected chi connectivity index (χ2v) is 6.99. The Labute approximate surface area is 142 Å². The summed E-state index contributed by atoms with van der Waals surface area (Å²) in [7, 11) is 0. The highest BCUT2D eigenvalue weighted by atomic mass is 35.5. The normalized spacial score (nSPS) is 19.5. The number of alkyl halides is 3. The summed E-state index contributed by atoms with van der Waals surface area (Å²) in [4.78, 5) is 11.7. The Kier molecular flexibility index (Phi) is 4.00. The van der Waals surface area contributed by atoms with Crippen molar-refractivity contribution in [1.82, 2.24) is 10.4 Å². The van der Waals surface area contributed by atoms with Gasteiger partial charge in [-0.1, -0.05) is 35.9 Å². The summed E-state index contributed by atoms with van der Waals surface area (Å²) in [5.74, 6) is -0.430. The van der Waals surface area contributed by atoms with E-state index >= 15 is 0 Å². The van der Waals surface area contributed by atoms with E-state index in [-0.39, 0.29) is 17.0 Å². The Hall–Kier alpha value is -1.79. The van der Waals surface area contributed by atoms with Crippen molar-refractivity contribution in [1.29, 1.82) is 0 Å². The molecule has 0 spiro atoms. The molecule has 0 aromatic heterocycles. The number of hydrazine groups is 1. The van der Waals surface area contributed by atoms with Gasteiger partial charge in [-0.2, -0.15) is 18.2 Å². The molecule has 3 nitrogen and oxygen atoms in total. The summed E-state index contributed by atoms with van der Waals surface area (Å²) in [6, 6.07) is 7.73. The van der Waals surface area contributed by atoms with Crippen LogP contribution in [0.2, 0.25) is 5.02 Å². The Morgan fingerprint density at radius 1 is 1.25 bits per heavy atom. The van der Waals surface area contributed by atoms with E-state index in [2.05, 4.69) is 5.43 Å². The summed E-state index contributed by atoms with van der Waals surface area (Å²) in [5, 5.41) is 2.30. The summed E-state index contributed by atoms with van der Waals surface area (Å²) in [6.45, 7) is 3.22. The van der Waals surface area contributed by atoms with Crippen LogP contribution in [0.15, 0.2) is 36.4 Å². The second kappa shape index (κ2) is 5.63. The summed E-state index contributed by atoms with van der Waals surface area (Å²) < 4.78 is 41.9. The maximum Gasteiger partial charge on any atom is 0.409 e. The minimum atomic E-state index is -4.58. The molecule has 1 heterocycles. The maximum absolute atomic E-state index is 14.0. The van der Waals surface area contributed by atoms with Crippen molar-refractivity contribution >= 4 is 28.3 Å². The minimum Gasteiger partial charge on any atom is -0.287 e. The molecule has 2 aromatic rings. The average molecular weight is 357 g/mol. The fraction of sp³-hybridized carbons (Fsp3) is 0.353. The quantitative estimate of drug-likeness (QED) is 0.852. The van der Waals surface area contributed by atoms with Gasteiger partial charge in [-0.05, 0) is 42.3 Å². The van der Waals surface area contributed by atoms with Gasteiger partial charge in [0.25, 0.3) is 0 Å². The molecule has 1 aliphatic rings. The third kappa shape index (κ3) is 2.96. The molecule has 128 valence electrons. The van der Waals surface area contributed by atoms with E-state index in [1.165, 1.54) is 6.07 Å². The van der Waals surface area contributed by atoms with Gasteiger partial charge in [0.2, 0.25) is 5.91 Å². The first-order valence-corrected chi connectivity index (χ1v) is 7.81. The van der Waals surface area contributed by atoms with Crippen LogP contribution < -0.4 is 5.43 Å². The zero-order valence-electron chi connectivity index (χ0n) is 13.1. The lowest BCUT2D eigenvalue weighted by Crippen LogP contribution is -2.51. The fourth-order valence-corrected chi connectivity index (χ4v) is 3.44. The monoisotopic (exact) mass is 356 g/mol. The van der Waals surface area contributed by atoms with Crippen LogP contribution in [0, 0.1) is 0 Å². The van der Waals surface area contributed by atoms with Gasteiger partial charge in [0.1, 0.15) is 0 Å². The van der Waals surface area contributed by atoms with E-state index in [4.69, 9.17) is 11.6 Å². The molecule has 2 aromatic carbocycles. The Bertz CT molecular complexity index is 804. The zero-order chi connectivity index (χ0) is 17.7. The van der Waals surface area contributed by atoms with E-state index in [9.17, 15) is 18.0 Å². The number of nitrogens with one attached hydrogen (secondary N) is 1. The molecule has 24 heavy (non-hydrogen) atoms. The van der Waals surface area contributed by atoms with Gasteiger partial charge in [-0.3, -0.25) is 10.2 Å². The largest absolute Gasteiger partial charge is 0.409 e. The highest BCUT2D eigenvalue weighted by Crippen LogP contribution is 2.45. The van der Waals surface area contributed by atoms with Gasteiger partial charge >= 0.3 is 6.18 Å². The lowest BCUT2D eigenvalue weighted by atomic mass is 9.94. The zero-order valence-corrected chi connectivity index (χ0v) is 13.9. The van der Waals surface area contributed by atoms with E-state index < -0.39 is 23.7 Å². The molecule has 1 saturated heterocycles. The van der Waals surface area contributed by atoms with Crippen LogP contribution in [0.25, 0.3) is 10.8 Å². The van der Waals surface area contributed by atoms with Crippen molar-refractivity contribution in [3.8, 4) is 0 Å². The number of nitrogens with zero attached hydrogens (tertiary/aromatic N) is 1. The number of hydrogen-bond acceptors (Lipinski definition) is 2. The van der Waals surface area contributed by atoms with Gasteiger partial charge in [0.05, 0.1) is 0 Å². The molecular formula is C17H16ClF3N2O. The predicted octanol–water partition coefficient (Wildman–Crippen LogP) is 4.61. The van der Waals surface area contributed by atoms with Crippen LogP contribution in [-0.2, 0) is 4.79 Å². The van der Waals surface area contributed by atoms with Crippen molar-refractivity contribution in [2.75, 3.05) is 0 Å². The molecule has 0 aliphatic carbocycles. The highest BCUT2D eigenvalue weighted by molar-refractivity contribution is 6.31. The molecule has 1 unspecified atom stereocenters. The number of fused-ring (bicyclic) bond motifs is 1. The second-order valence-electron chi connectivity index (χ2n) is 6.55. The summed E-state index contributed by atoms with van der Waals surface area (Å²) in [6.07, 6.45) is -4.58. The van der Waals surface area contributed by atoms with Crippen molar-refractivity contribution in [2.45, 2.75) is 38.0 Å².